The molecular formula is C19H25NO6. The molecule has 1 fully saturated rings. The highest BCUT2D eigenvalue weighted by Gasteiger charge is 2.23. The lowest BCUT2D eigenvalue weighted by Gasteiger charge is -2.31. The Labute approximate surface area is 152 Å². The minimum Gasteiger partial charge on any atom is -0.497 e. The Morgan fingerprint density at radius 3 is 2.15 bits per heavy atom. The van der Waals surface area contributed by atoms with E-state index >= 15 is 0 Å². The fraction of sp³-hybridized carbons (Fsp3) is 0.421. The van der Waals surface area contributed by atoms with Gasteiger partial charge in [-0.05, 0) is 45.0 Å². The molecule has 142 valence electrons. The van der Waals surface area contributed by atoms with E-state index in [0.29, 0.717) is 12.2 Å². The van der Waals surface area contributed by atoms with Crippen LogP contribution in [0.1, 0.15) is 36.5 Å². The zero-order valence-electron chi connectivity index (χ0n) is 15.1. The van der Waals surface area contributed by atoms with Gasteiger partial charge in [-0.1, -0.05) is 18.6 Å². The molecule has 0 amide bonds. The third kappa shape index (κ3) is 7.48. The third-order valence-corrected chi connectivity index (χ3v) is 4.04. The van der Waals surface area contributed by atoms with E-state index in [2.05, 4.69) is 4.90 Å². The Morgan fingerprint density at radius 2 is 1.65 bits per heavy atom. The van der Waals surface area contributed by atoms with E-state index in [9.17, 15) is 14.4 Å². The van der Waals surface area contributed by atoms with Crippen LogP contribution in [-0.4, -0.2) is 59.1 Å². The molecule has 1 aromatic rings. The highest BCUT2D eigenvalue weighted by molar-refractivity contribution is 6.00. The summed E-state index contributed by atoms with van der Waals surface area (Å²) in [6, 6.07) is 7.39. The van der Waals surface area contributed by atoms with Crippen LogP contribution in [0.4, 0.5) is 0 Å². The average Bonchev–Trinajstić information content (AvgIpc) is 2.66. The minimum absolute atomic E-state index is 0.0302. The van der Waals surface area contributed by atoms with Crippen LogP contribution in [-0.2, 0) is 9.59 Å². The Balaban J connectivity index is 0.000000359. The summed E-state index contributed by atoms with van der Waals surface area (Å²) in [6.07, 6.45) is 4.81. The first-order valence-electron chi connectivity index (χ1n) is 8.41. The number of carbonyl (C=O) groups is 3. The average molecular weight is 363 g/mol. The van der Waals surface area contributed by atoms with Crippen molar-refractivity contribution in [3.8, 4) is 5.75 Å². The predicted octanol–water partition coefficient (Wildman–Crippen LogP) is 2.46. The summed E-state index contributed by atoms with van der Waals surface area (Å²) in [6.45, 7) is 4.08. The molecule has 0 aromatic heterocycles. The van der Waals surface area contributed by atoms with Gasteiger partial charge in [0.05, 0.1) is 13.2 Å². The molecule has 1 aromatic carbocycles. The topological polar surface area (TPSA) is 104 Å². The van der Waals surface area contributed by atoms with Crippen molar-refractivity contribution >= 4 is 17.7 Å². The molecule has 0 spiro atoms. The molecule has 2 rings (SSSR count). The number of carbonyl (C=O) groups excluding carboxylic acids is 1. The quantitative estimate of drug-likeness (QED) is 0.591. The number of ketones is 1. The van der Waals surface area contributed by atoms with Crippen LogP contribution in [0, 0.1) is 0 Å². The minimum atomic E-state index is -1.26. The number of likely N-dealkylation sites (tertiary alicyclic amines) is 1. The van der Waals surface area contributed by atoms with Crippen molar-refractivity contribution in [2.24, 2.45) is 0 Å². The van der Waals surface area contributed by atoms with Gasteiger partial charge >= 0.3 is 11.9 Å². The number of hydrogen-bond acceptors (Lipinski definition) is 5. The fourth-order valence-corrected chi connectivity index (χ4v) is 2.63. The SMILES string of the molecule is COc1cccc(C(=O)C(C)N2CCCCC2)c1.O=C(O)/C=C/C(=O)O. The number of carboxylic acid groups (broad SMARTS) is 2. The van der Waals surface area contributed by atoms with Crippen molar-refractivity contribution in [3.63, 3.8) is 0 Å². The third-order valence-electron chi connectivity index (χ3n) is 4.04. The second-order valence-corrected chi connectivity index (χ2v) is 5.88. The number of ether oxygens (including phenoxy) is 1. The molecular weight excluding hydrogens is 338 g/mol. The second-order valence-electron chi connectivity index (χ2n) is 5.88. The molecule has 1 aliphatic heterocycles. The molecule has 1 unspecified atom stereocenters. The summed E-state index contributed by atoms with van der Waals surface area (Å²) in [5.41, 5.74) is 0.743. The largest absolute Gasteiger partial charge is 0.497 e. The van der Waals surface area contributed by atoms with E-state index in [0.717, 1.165) is 24.4 Å². The molecule has 1 atom stereocenters. The number of aliphatic carboxylic acids is 2. The molecule has 7 heteroatoms. The number of nitrogens with zero attached hydrogens (tertiary/aromatic N) is 1. The Bertz CT molecular complexity index is 633. The maximum atomic E-state index is 12.4. The van der Waals surface area contributed by atoms with Gasteiger partial charge in [0, 0.05) is 17.7 Å². The molecule has 7 nitrogen and oxygen atoms in total. The van der Waals surface area contributed by atoms with Crippen LogP contribution in [0.2, 0.25) is 0 Å². The number of benzene rings is 1. The lowest BCUT2D eigenvalue weighted by atomic mass is 10.0. The first kappa shape index (κ1) is 21.4. The molecule has 0 radical (unpaired) electrons. The number of hydrogen-bond donors (Lipinski definition) is 2. The van der Waals surface area contributed by atoms with Gasteiger partial charge in [0.15, 0.2) is 5.78 Å². The molecule has 0 aliphatic carbocycles. The molecule has 1 heterocycles. The molecule has 0 saturated carbocycles. The van der Waals surface area contributed by atoms with E-state index in [-0.39, 0.29) is 11.8 Å². The van der Waals surface area contributed by atoms with Crippen molar-refractivity contribution in [2.45, 2.75) is 32.2 Å². The van der Waals surface area contributed by atoms with Gasteiger partial charge in [0.25, 0.3) is 0 Å². The van der Waals surface area contributed by atoms with E-state index in [1.54, 1.807) is 7.11 Å². The zero-order chi connectivity index (χ0) is 19.5. The maximum absolute atomic E-state index is 12.4. The summed E-state index contributed by atoms with van der Waals surface area (Å²) in [5, 5.41) is 15.6. The van der Waals surface area contributed by atoms with Crippen LogP contribution >= 0.6 is 0 Å². The normalized spacial score (nSPS) is 15.6. The fourth-order valence-electron chi connectivity index (χ4n) is 2.63. The number of rotatable bonds is 6. The highest BCUT2D eigenvalue weighted by atomic mass is 16.5. The number of piperidine rings is 1. The number of methoxy groups -OCH3 is 1. The van der Waals surface area contributed by atoms with Crippen molar-refractivity contribution in [2.75, 3.05) is 20.2 Å². The molecule has 0 bridgehead atoms. The van der Waals surface area contributed by atoms with Crippen molar-refractivity contribution in [1.29, 1.82) is 0 Å². The van der Waals surface area contributed by atoms with Crippen molar-refractivity contribution in [1.82, 2.24) is 4.90 Å². The van der Waals surface area contributed by atoms with Gasteiger partial charge in [-0.25, -0.2) is 9.59 Å². The van der Waals surface area contributed by atoms with Crippen LogP contribution in [0.5, 0.6) is 5.75 Å². The smallest absolute Gasteiger partial charge is 0.328 e. The Hall–Kier alpha value is -2.67. The monoisotopic (exact) mass is 363 g/mol. The number of Topliss-reactive ketones (excluding diaryl/α,β-unsaturated/α-hetero) is 1. The van der Waals surface area contributed by atoms with E-state index in [4.69, 9.17) is 14.9 Å². The molecule has 26 heavy (non-hydrogen) atoms. The predicted molar refractivity (Wildman–Crippen MR) is 96.6 cm³/mol. The Kier molecular flexibility index (Phi) is 9.08. The lowest BCUT2D eigenvalue weighted by molar-refractivity contribution is -0.134. The van der Waals surface area contributed by atoms with E-state index in [1.165, 1.54) is 19.3 Å². The summed E-state index contributed by atoms with van der Waals surface area (Å²) in [4.78, 5) is 33.8. The van der Waals surface area contributed by atoms with E-state index in [1.807, 2.05) is 31.2 Å². The van der Waals surface area contributed by atoms with Gasteiger partial charge in [-0.15, -0.1) is 0 Å². The molecule has 1 saturated heterocycles. The van der Waals surface area contributed by atoms with Gasteiger partial charge in [-0.3, -0.25) is 9.69 Å². The molecule has 1 aliphatic rings. The van der Waals surface area contributed by atoms with Crippen LogP contribution in [0.25, 0.3) is 0 Å². The van der Waals surface area contributed by atoms with Crippen LogP contribution in [0.15, 0.2) is 36.4 Å². The van der Waals surface area contributed by atoms with Crippen molar-refractivity contribution in [3.05, 3.63) is 42.0 Å². The number of carboxylic acids is 2. The van der Waals surface area contributed by atoms with Crippen molar-refractivity contribution < 1.29 is 29.3 Å². The second kappa shape index (κ2) is 11.0. The summed E-state index contributed by atoms with van der Waals surface area (Å²) in [7, 11) is 1.62. The summed E-state index contributed by atoms with van der Waals surface area (Å²) >= 11 is 0. The van der Waals surface area contributed by atoms with Gasteiger partial charge in [0.2, 0.25) is 0 Å². The van der Waals surface area contributed by atoms with Gasteiger partial charge in [-0.2, -0.15) is 0 Å². The van der Waals surface area contributed by atoms with E-state index < -0.39 is 11.9 Å². The first-order chi connectivity index (χ1) is 12.3. The summed E-state index contributed by atoms with van der Waals surface area (Å²) in [5.74, 6) is -1.58. The zero-order valence-corrected chi connectivity index (χ0v) is 15.1. The van der Waals surface area contributed by atoms with Gasteiger partial charge in [0.1, 0.15) is 5.75 Å². The summed E-state index contributed by atoms with van der Waals surface area (Å²) < 4.78 is 5.16. The Morgan fingerprint density at radius 1 is 1.08 bits per heavy atom. The highest BCUT2D eigenvalue weighted by Crippen LogP contribution is 2.18. The maximum Gasteiger partial charge on any atom is 0.328 e. The molecule has 2 N–H and O–H groups in total. The lowest BCUT2D eigenvalue weighted by Crippen LogP contribution is -2.42. The first-order valence-corrected chi connectivity index (χ1v) is 8.41. The van der Waals surface area contributed by atoms with Crippen LogP contribution < -0.4 is 4.74 Å². The van der Waals surface area contributed by atoms with Gasteiger partial charge < -0.3 is 14.9 Å². The standard InChI is InChI=1S/C15H21NO2.C4H4O4/c1-12(16-9-4-3-5-10-16)15(17)13-7-6-8-14(11-13)18-2;5-3(6)1-2-4(7)8/h6-8,11-12H,3-5,9-10H2,1-2H3;1-2H,(H,5,6)(H,7,8)/b;2-1+. The van der Waals surface area contributed by atoms with Crippen LogP contribution in [0.3, 0.4) is 0 Å².